The molecule has 2 aromatic carbocycles. The Morgan fingerprint density at radius 3 is 2.43 bits per heavy atom. The number of ether oxygens (including phenoxy) is 3. The lowest BCUT2D eigenvalue weighted by molar-refractivity contribution is -0.156. The number of sulfonamides is 1. The van der Waals surface area contributed by atoms with Crippen LogP contribution in [0.4, 0.5) is 0 Å². The Morgan fingerprint density at radius 2 is 1.68 bits per heavy atom. The summed E-state index contributed by atoms with van der Waals surface area (Å²) in [6, 6.07) is 13.2. The normalized spacial score (nSPS) is 25.1. The highest BCUT2D eigenvalue weighted by atomic mass is 35.5. The molecule has 150 valence electrons. The van der Waals surface area contributed by atoms with Gasteiger partial charge in [0.2, 0.25) is 10.0 Å². The van der Waals surface area contributed by atoms with E-state index in [4.69, 9.17) is 25.8 Å². The second-order valence-electron chi connectivity index (χ2n) is 6.95. The number of benzene rings is 2. The van der Waals surface area contributed by atoms with Gasteiger partial charge in [-0.25, -0.2) is 13.1 Å². The van der Waals surface area contributed by atoms with Crippen LogP contribution in [-0.2, 0) is 19.5 Å². The number of hydrogen-bond acceptors (Lipinski definition) is 5. The summed E-state index contributed by atoms with van der Waals surface area (Å²) >= 11 is 6.09. The van der Waals surface area contributed by atoms with Crippen LogP contribution >= 0.6 is 11.6 Å². The first-order chi connectivity index (χ1) is 13.5. The van der Waals surface area contributed by atoms with Gasteiger partial charge in [0.25, 0.3) is 0 Å². The SMILES string of the molecule is O=S(=O)(NC1CCC2OCCOC2C1)c1ccc(Oc2ccccc2Cl)cc1. The van der Waals surface area contributed by atoms with Gasteiger partial charge in [-0.1, -0.05) is 23.7 Å². The molecule has 8 heteroatoms. The Labute approximate surface area is 169 Å². The third-order valence-electron chi connectivity index (χ3n) is 5.00. The van der Waals surface area contributed by atoms with Crippen LogP contribution in [0, 0.1) is 0 Å². The van der Waals surface area contributed by atoms with Gasteiger partial charge in [0.15, 0.2) is 0 Å². The minimum Gasteiger partial charge on any atom is -0.456 e. The molecule has 0 aromatic heterocycles. The topological polar surface area (TPSA) is 73.9 Å². The van der Waals surface area contributed by atoms with Gasteiger partial charge in [-0.15, -0.1) is 0 Å². The molecule has 0 amide bonds. The number of rotatable bonds is 5. The van der Waals surface area contributed by atoms with Gasteiger partial charge in [0.05, 0.1) is 35.3 Å². The zero-order valence-electron chi connectivity index (χ0n) is 15.2. The summed E-state index contributed by atoms with van der Waals surface area (Å²) < 4.78 is 45.4. The van der Waals surface area contributed by atoms with E-state index < -0.39 is 10.0 Å². The van der Waals surface area contributed by atoms with Gasteiger partial charge in [-0.2, -0.15) is 0 Å². The van der Waals surface area contributed by atoms with E-state index in [0.717, 1.165) is 12.8 Å². The number of halogens is 1. The van der Waals surface area contributed by atoms with Crippen molar-refractivity contribution in [2.24, 2.45) is 0 Å². The van der Waals surface area contributed by atoms with Crippen molar-refractivity contribution in [3.63, 3.8) is 0 Å². The summed E-state index contributed by atoms with van der Waals surface area (Å²) in [5.74, 6) is 1.03. The first-order valence-corrected chi connectivity index (χ1v) is 11.2. The Hall–Kier alpha value is -1.64. The fraction of sp³-hybridized carbons (Fsp3) is 0.400. The minimum atomic E-state index is -3.62. The van der Waals surface area contributed by atoms with Crippen molar-refractivity contribution in [2.45, 2.75) is 42.4 Å². The first kappa shape index (κ1) is 19.7. The van der Waals surface area contributed by atoms with Crippen LogP contribution in [0.1, 0.15) is 19.3 Å². The fourth-order valence-corrected chi connectivity index (χ4v) is 5.06. The molecule has 0 bridgehead atoms. The van der Waals surface area contributed by atoms with Crippen molar-refractivity contribution >= 4 is 21.6 Å². The van der Waals surface area contributed by atoms with Crippen LogP contribution in [0.2, 0.25) is 5.02 Å². The Morgan fingerprint density at radius 1 is 0.964 bits per heavy atom. The van der Waals surface area contributed by atoms with E-state index in [9.17, 15) is 8.42 Å². The quantitative estimate of drug-likeness (QED) is 0.792. The van der Waals surface area contributed by atoms with Crippen LogP contribution in [-0.4, -0.2) is 39.9 Å². The third kappa shape index (κ3) is 4.50. The number of nitrogens with one attached hydrogen (secondary N) is 1. The number of fused-ring (bicyclic) bond motifs is 1. The average Bonchev–Trinajstić information content (AvgIpc) is 2.70. The summed E-state index contributed by atoms with van der Waals surface area (Å²) in [7, 11) is -3.62. The van der Waals surface area contributed by atoms with Crippen molar-refractivity contribution < 1.29 is 22.6 Å². The fourth-order valence-electron chi connectivity index (χ4n) is 3.60. The third-order valence-corrected chi connectivity index (χ3v) is 6.85. The van der Waals surface area contributed by atoms with Crippen molar-refractivity contribution in [3.05, 3.63) is 53.6 Å². The Bertz CT molecular complexity index is 918. The molecule has 2 aliphatic rings. The van der Waals surface area contributed by atoms with Gasteiger partial charge in [-0.05, 0) is 55.7 Å². The molecular formula is C20H22ClNO5S. The van der Waals surface area contributed by atoms with Gasteiger partial charge < -0.3 is 14.2 Å². The molecule has 28 heavy (non-hydrogen) atoms. The van der Waals surface area contributed by atoms with E-state index in [-0.39, 0.29) is 23.1 Å². The van der Waals surface area contributed by atoms with Crippen LogP contribution in [0.15, 0.2) is 53.4 Å². The summed E-state index contributed by atoms with van der Waals surface area (Å²) in [5, 5.41) is 0.491. The largest absolute Gasteiger partial charge is 0.456 e. The number of hydrogen-bond donors (Lipinski definition) is 1. The minimum absolute atomic E-state index is 0.0402. The summed E-state index contributed by atoms with van der Waals surface area (Å²) in [6.07, 6.45) is 2.19. The maximum Gasteiger partial charge on any atom is 0.240 e. The molecule has 1 heterocycles. The van der Waals surface area contributed by atoms with E-state index in [0.29, 0.717) is 36.2 Å². The van der Waals surface area contributed by atoms with Crippen molar-refractivity contribution in [3.8, 4) is 11.5 Å². The molecule has 1 N–H and O–H groups in total. The zero-order valence-corrected chi connectivity index (χ0v) is 16.8. The summed E-state index contributed by atoms with van der Waals surface area (Å²) in [6.45, 7) is 1.17. The maximum absolute atomic E-state index is 12.7. The Kier molecular flexibility index (Phi) is 5.89. The average molecular weight is 424 g/mol. The van der Waals surface area contributed by atoms with Crippen LogP contribution in [0.5, 0.6) is 11.5 Å². The highest BCUT2D eigenvalue weighted by Gasteiger charge is 2.35. The molecule has 6 nitrogen and oxygen atoms in total. The predicted octanol–water partition coefficient (Wildman–Crippen LogP) is 3.75. The highest BCUT2D eigenvalue weighted by molar-refractivity contribution is 7.89. The summed E-state index contributed by atoms with van der Waals surface area (Å²) in [5.41, 5.74) is 0. The molecule has 0 radical (unpaired) electrons. The maximum atomic E-state index is 12.7. The first-order valence-electron chi connectivity index (χ1n) is 9.29. The van der Waals surface area contributed by atoms with Crippen LogP contribution in [0.3, 0.4) is 0 Å². The molecule has 1 saturated heterocycles. The molecule has 1 aliphatic heterocycles. The standard InChI is InChI=1S/C20H22ClNO5S/c21-17-3-1-2-4-18(17)27-15-6-8-16(9-7-15)28(23,24)22-14-5-10-19-20(13-14)26-12-11-25-19/h1-4,6-9,14,19-20,22H,5,10-13H2. The van der Waals surface area contributed by atoms with Gasteiger partial charge in [0, 0.05) is 6.04 Å². The molecule has 2 fully saturated rings. The van der Waals surface area contributed by atoms with Crippen molar-refractivity contribution in [2.75, 3.05) is 13.2 Å². The smallest absolute Gasteiger partial charge is 0.240 e. The molecule has 1 aliphatic carbocycles. The highest BCUT2D eigenvalue weighted by Crippen LogP contribution is 2.30. The predicted molar refractivity (Wildman–Crippen MR) is 105 cm³/mol. The molecule has 0 spiro atoms. The van der Waals surface area contributed by atoms with E-state index in [1.54, 1.807) is 24.3 Å². The lowest BCUT2D eigenvalue weighted by atomic mass is 9.90. The van der Waals surface area contributed by atoms with Crippen LogP contribution in [0.25, 0.3) is 0 Å². The van der Waals surface area contributed by atoms with Gasteiger partial charge >= 0.3 is 0 Å². The van der Waals surface area contributed by atoms with Crippen LogP contribution < -0.4 is 9.46 Å². The molecular weight excluding hydrogens is 402 g/mol. The van der Waals surface area contributed by atoms with E-state index in [2.05, 4.69) is 4.72 Å². The Balaban J connectivity index is 1.41. The van der Waals surface area contributed by atoms with Gasteiger partial charge in [-0.3, -0.25) is 0 Å². The van der Waals surface area contributed by atoms with E-state index >= 15 is 0 Å². The van der Waals surface area contributed by atoms with Gasteiger partial charge in [0.1, 0.15) is 11.5 Å². The molecule has 1 saturated carbocycles. The summed E-state index contributed by atoms with van der Waals surface area (Å²) in [4.78, 5) is 0.196. The number of para-hydroxylation sites is 1. The van der Waals surface area contributed by atoms with E-state index in [1.165, 1.54) is 12.1 Å². The monoisotopic (exact) mass is 423 g/mol. The lowest BCUT2D eigenvalue weighted by Gasteiger charge is -2.38. The second-order valence-corrected chi connectivity index (χ2v) is 9.07. The molecule has 4 rings (SSSR count). The van der Waals surface area contributed by atoms with Crippen molar-refractivity contribution in [1.29, 1.82) is 0 Å². The zero-order chi connectivity index (χ0) is 19.6. The molecule has 3 atom stereocenters. The van der Waals surface area contributed by atoms with Crippen molar-refractivity contribution in [1.82, 2.24) is 4.72 Å². The molecule has 2 aromatic rings. The molecule has 3 unspecified atom stereocenters. The second kappa shape index (κ2) is 8.39. The lowest BCUT2D eigenvalue weighted by Crippen LogP contribution is -2.49. The van der Waals surface area contributed by atoms with E-state index in [1.807, 2.05) is 12.1 Å².